The van der Waals surface area contributed by atoms with E-state index in [1.807, 2.05) is 0 Å². The van der Waals surface area contributed by atoms with E-state index < -0.39 is 0 Å². The molecular weight excluding hydrogens is 362 g/mol. The zero-order valence-corrected chi connectivity index (χ0v) is 17.9. The number of hydrogen-bond acceptors (Lipinski definition) is 0. The van der Waals surface area contributed by atoms with Gasteiger partial charge in [-0.1, -0.05) is 48.5 Å². The number of fused-ring (bicyclic) bond motifs is 6. The van der Waals surface area contributed by atoms with Crippen molar-refractivity contribution >= 4 is 0 Å². The van der Waals surface area contributed by atoms with E-state index in [0.29, 0.717) is 0 Å². The maximum atomic E-state index is 2.36. The van der Waals surface area contributed by atoms with Gasteiger partial charge < -0.3 is 0 Å². The van der Waals surface area contributed by atoms with Crippen molar-refractivity contribution in [2.24, 2.45) is 7.05 Å². The van der Waals surface area contributed by atoms with Crippen molar-refractivity contribution in [3.05, 3.63) is 111 Å². The number of nitrogens with zero attached hydrogens (tertiary/aromatic N) is 1. The molecule has 2 aliphatic carbocycles. The molecule has 6 rings (SSSR count). The van der Waals surface area contributed by atoms with Crippen molar-refractivity contribution in [2.75, 3.05) is 0 Å². The molecule has 0 saturated heterocycles. The van der Waals surface area contributed by atoms with Crippen LogP contribution >= 0.6 is 0 Å². The van der Waals surface area contributed by atoms with Crippen LogP contribution in [0.15, 0.2) is 66.9 Å². The van der Waals surface area contributed by atoms with Crippen LogP contribution in [0.1, 0.15) is 44.5 Å². The second kappa shape index (κ2) is 6.40. The fourth-order valence-corrected chi connectivity index (χ4v) is 5.66. The Hall–Kier alpha value is -3.19. The standard InChI is InChI=1S/C29H26N/c1-18-12-13-30(3)27(14-18)28-19(2)24-15-20-8-4-5-9-21(20)16-25(24)29-23-11-7-6-10-22(23)17-26(28)29/h4-14H,15-17H2,1-3H3/q+1. The van der Waals surface area contributed by atoms with Gasteiger partial charge in [-0.2, -0.15) is 0 Å². The second-order valence-corrected chi connectivity index (χ2v) is 8.97. The summed E-state index contributed by atoms with van der Waals surface area (Å²) >= 11 is 0. The highest BCUT2D eigenvalue weighted by Crippen LogP contribution is 2.48. The Morgan fingerprint density at radius 1 is 0.667 bits per heavy atom. The molecule has 0 spiro atoms. The van der Waals surface area contributed by atoms with E-state index in [1.54, 1.807) is 11.1 Å². The van der Waals surface area contributed by atoms with Crippen molar-refractivity contribution in [3.63, 3.8) is 0 Å². The van der Waals surface area contributed by atoms with Crippen LogP contribution in [-0.4, -0.2) is 0 Å². The van der Waals surface area contributed by atoms with Gasteiger partial charge in [0.2, 0.25) is 5.69 Å². The van der Waals surface area contributed by atoms with E-state index >= 15 is 0 Å². The lowest BCUT2D eigenvalue weighted by Crippen LogP contribution is -2.31. The van der Waals surface area contributed by atoms with E-state index in [0.717, 1.165) is 19.3 Å². The Morgan fingerprint density at radius 3 is 2.07 bits per heavy atom. The van der Waals surface area contributed by atoms with Gasteiger partial charge in [0.25, 0.3) is 0 Å². The minimum Gasteiger partial charge on any atom is -0.201 e. The predicted octanol–water partition coefficient (Wildman–Crippen LogP) is 5.86. The van der Waals surface area contributed by atoms with E-state index in [4.69, 9.17) is 0 Å². The first-order valence-corrected chi connectivity index (χ1v) is 10.9. The highest BCUT2D eigenvalue weighted by Gasteiger charge is 2.33. The number of rotatable bonds is 1. The molecule has 0 atom stereocenters. The summed E-state index contributed by atoms with van der Waals surface area (Å²) in [6.45, 7) is 4.55. The third-order valence-corrected chi connectivity index (χ3v) is 7.17. The molecule has 1 nitrogen and oxygen atoms in total. The molecule has 0 unspecified atom stereocenters. The Kier molecular flexibility index (Phi) is 3.77. The quantitative estimate of drug-likeness (QED) is 0.311. The highest BCUT2D eigenvalue weighted by atomic mass is 14.9. The zero-order chi connectivity index (χ0) is 20.4. The summed E-state index contributed by atoms with van der Waals surface area (Å²) in [7, 11) is 2.18. The summed E-state index contributed by atoms with van der Waals surface area (Å²) in [6.07, 6.45) is 5.32. The summed E-state index contributed by atoms with van der Waals surface area (Å²) in [5, 5.41) is 0. The van der Waals surface area contributed by atoms with Crippen molar-refractivity contribution < 1.29 is 4.57 Å². The largest absolute Gasteiger partial charge is 0.213 e. The van der Waals surface area contributed by atoms with Gasteiger partial charge in [0, 0.05) is 12.1 Å². The molecule has 1 aromatic heterocycles. The first-order valence-electron chi connectivity index (χ1n) is 10.9. The number of aromatic nitrogens is 1. The molecule has 0 aliphatic heterocycles. The van der Waals surface area contributed by atoms with Gasteiger partial charge in [0.05, 0.1) is 5.56 Å². The number of hydrogen-bond donors (Lipinski definition) is 0. The minimum absolute atomic E-state index is 1.03. The van der Waals surface area contributed by atoms with Crippen LogP contribution in [0.3, 0.4) is 0 Å². The maximum Gasteiger partial charge on any atom is 0.213 e. The fourth-order valence-electron chi connectivity index (χ4n) is 5.66. The number of aryl methyl sites for hydroxylation is 2. The molecule has 0 N–H and O–H groups in total. The SMILES string of the molecule is Cc1cc[n+](C)c(-c2c(C)c3c(c4c2Cc2ccccc2-4)Cc2ccccc2C3)c1. The second-order valence-electron chi connectivity index (χ2n) is 8.97. The van der Waals surface area contributed by atoms with Crippen molar-refractivity contribution in [2.45, 2.75) is 33.1 Å². The average Bonchev–Trinajstić information content (AvgIpc) is 3.14. The Bertz CT molecular complexity index is 1340. The number of pyridine rings is 1. The van der Waals surface area contributed by atoms with E-state index in [1.165, 1.54) is 55.8 Å². The molecule has 1 heteroatoms. The van der Waals surface area contributed by atoms with Gasteiger partial charge in [-0.15, -0.1) is 0 Å². The van der Waals surface area contributed by atoms with Crippen LogP contribution in [0.4, 0.5) is 0 Å². The highest BCUT2D eigenvalue weighted by molar-refractivity contribution is 5.89. The van der Waals surface area contributed by atoms with E-state index in [2.05, 4.69) is 92.3 Å². The summed E-state index contributed by atoms with van der Waals surface area (Å²) < 4.78 is 2.29. The predicted molar refractivity (Wildman–Crippen MR) is 123 cm³/mol. The van der Waals surface area contributed by atoms with Crippen LogP contribution < -0.4 is 4.57 Å². The lowest BCUT2D eigenvalue weighted by Gasteiger charge is -2.27. The fraction of sp³-hybridized carbons (Fsp3) is 0.207. The summed E-state index contributed by atoms with van der Waals surface area (Å²) in [5.41, 5.74) is 17.6. The normalized spacial score (nSPS) is 13.4. The molecule has 1 heterocycles. The third kappa shape index (κ3) is 2.45. The smallest absolute Gasteiger partial charge is 0.201 e. The van der Waals surface area contributed by atoms with Gasteiger partial charge >= 0.3 is 0 Å². The summed E-state index contributed by atoms with van der Waals surface area (Å²) in [6, 6.07) is 22.6. The zero-order valence-electron chi connectivity index (χ0n) is 17.9. The van der Waals surface area contributed by atoms with Crippen LogP contribution in [0.25, 0.3) is 22.4 Å². The Labute approximate surface area is 178 Å². The molecule has 2 aliphatic rings. The van der Waals surface area contributed by atoms with Crippen LogP contribution in [0, 0.1) is 13.8 Å². The monoisotopic (exact) mass is 388 g/mol. The molecule has 0 radical (unpaired) electrons. The Morgan fingerprint density at radius 2 is 1.30 bits per heavy atom. The van der Waals surface area contributed by atoms with E-state index in [9.17, 15) is 0 Å². The minimum atomic E-state index is 1.03. The molecule has 0 amide bonds. The van der Waals surface area contributed by atoms with Crippen LogP contribution in [0.5, 0.6) is 0 Å². The van der Waals surface area contributed by atoms with Gasteiger partial charge in [-0.3, -0.25) is 0 Å². The van der Waals surface area contributed by atoms with Gasteiger partial charge in [0.15, 0.2) is 6.20 Å². The maximum absolute atomic E-state index is 2.36. The molecule has 146 valence electrons. The van der Waals surface area contributed by atoms with Gasteiger partial charge in [-0.05, 0) is 88.7 Å². The molecule has 0 saturated carbocycles. The first kappa shape index (κ1) is 17.7. The van der Waals surface area contributed by atoms with Gasteiger partial charge in [-0.25, -0.2) is 4.57 Å². The van der Waals surface area contributed by atoms with Crippen molar-refractivity contribution in [3.8, 4) is 22.4 Å². The van der Waals surface area contributed by atoms with Crippen molar-refractivity contribution in [1.82, 2.24) is 0 Å². The van der Waals surface area contributed by atoms with Crippen LogP contribution in [-0.2, 0) is 26.3 Å². The summed E-state index contributed by atoms with van der Waals surface area (Å²) in [5.74, 6) is 0. The van der Waals surface area contributed by atoms with Gasteiger partial charge in [0.1, 0.15) is 7.05 Å². The first-order chi connectivity index (χ1) is 14.6. The molecule has 0 fully saturated rings. The lowest BCUT2D eigenvalue weighted by molar-refractivity contribution is -0.660. The molecule has 0 bridgehead atoms. The molecule has 3 aromatic carbocycles. The molecule has 4 aromatic rings. The topological polar surface area (TPSA) is 3.88 Å². The van der Waals surface area contributed by atoms with Crippen molar-refractivity contribution in [1.29, 1.82) is 0 Å². The third-order valence-electron chi connectivity index (χ3n) is 7.17. The summed E-state index contributed by atoms with van der Waals surface area (Å²) in [4.78, 5) is 0. The average molecular weight is 389 g/mol. The van der Waals surface area contributed by atoms with Crippen LogP contribution in [0.2, 0.25) is 0 Å². The lowest BCUT2D eigenvalue weighted by atomic mass is 9.77. The Balaban J connectivity index is 1.71. The van der Waals surface area contributed by atoms with E-state index in [-0.39, 0.29) is 0 Å². The molecule has 30 heavy (non-hydrogen) atoms. The number of benzene rings is 3. The molecular formula is C29H26N+.